The molecule has 1 aromatic heterocycles. The maximum Gasteiger partial charge on any atom is 0.276 e. The molecular weight excluding hydrogens is 342 g/mol. The van der Waals surface area contributed by atoms with Gasteiger partial charge in [-0.3, -0.25) is 19.9 Å². The van der Waals surface area contributed by atoms with Gasteiger partial charge in [-0.1, -0.05) is 6.92 Å². The molecule has 27 heavy (non-hydrogen) atoms. The summed E-state index contributed by atoms with van der Waals surface area (Å²) in [7, 11) is 0. The summed E-state index contributed by atoms with van der Waals surface area (Å²) < 4.78 is 6.62. The summed E-state index contributed by atoms with van der Waals surface area (Å²) in [6, 6.07) is 2.35. The van der Waals surface area contributed by atoms with Crippen molar-refractivity contribution in [1.82, 2.24) is 15.4 Å². The van der Waals surface area contributed by atoms with E-state index in [1.165, 1.54) is 32.1 Å². The molecule has 0 radical (unpaired) electrons. The highest BCUT2D eigenvalue weighted by molar-refractivity contribution is 5.93. The Bertz CT molecular complexity index is 715. The number of hydrogen-bond acceptors (Lipinski definition) is 5. The Kier molecular flexibility index (Phi) is 4.26. The van der Waals surface area contributed by atoms with Crippen molar-refractivity contribution in [3.63, 3.8) is 0 Å². The van der Waals surface area contributed by atoms with Crippen molar-refractivity contribution >= 4 is 5.91 Å². The van der Waals surface area contributed by atoms with E-state index in [1.54, 1.807) is 11.7 Å². The molecule has 1 aromatic rings. The Hall–Kier alpha value is -1.50. The van der Waals surface area contributed by atoms with E-state index >= 15 is 0 Å². The van der Waals surface area contributed by atoms with Crippen LogP contribution in [-0.2, 0) is 17.7 Å². The van der Waals surface area contributed by atoms with Crippen LogP contribution in [0.4, 0.5) is 0 Å². The first-order valence-corrected chi connectivity index (χ1v) is 10.4. The Labute approximate surface area is 160 Å². The van der Waals surface area contributed by atoms with Gasteiger partial charge in [0, 0.05) is 37.4 Å². The highest BCUT2D eigenvalue weighted by Crippen LogP contribution is 2.53. The van der Waals surface area contributed by atoms with Crippen molar-refractivity contribution in [1.29, 1.82) is 0 Å². The molecule has 4 bridgehead atoms. The van der Waals surface area contributed by atoms with Crippen molar-refractivity contribution in [3.05, 3.63) is 29.1 Å². The Morgan fingerprint density at radius 2 is 2.15 bits per heavy atom. The molecule has 6 nitrogen and oxygen atoms in total. The van der Waals surface area contributed by atoms with E-state index < -0.39 is 5.91 Å². The molecule has 1 amide bonds. The minimum absolute atomic E-state index is 0.0349. The second-order valence-electron chi connectivity index (χ2n) is 9.21. The predicted octanol–water partition coefficient (Wildman–Crippen LogP) is 2.69. The monoisotopic (exact) mass is 371 g/mol. The van der Waals surface area contributed by atoms with Crippen LogP contribution in [0.3, 0.4) is 0 Å². The van der Waals surface area contributed by atoms with E-state index in [-0.39, 0.29) is 5.60 Å². The molecular formula is C21H29N3O3. The first kappa shape index (κ1) is 17.6. The summed E-state index contributed by atoms with van der Waals surface area (Å²) in [6.45, 7) is 4.04. The van der Waals surface area contributed by atoms with Gasteiger partial charge in [-0.15, -0.1) is 0 Å². The zero-order valence-electron chi connectivity index (χ0n) is 16.0. The summed E-state index contributed by atoms with van der Waals surface area (Å²) in [5.41, 5.74) is 4.34. The number of hydroxylamine groups is 1. The van der Waals surface area contributed by atoms with Crippen LogP contribution in [0.15, 0.2) is 12.3 Å². The number of nitrogens with zero attached hydrogens (tertiary/aromatic N) is 2. The first-order chi connectivity index (χ1) is 13.1. The lowest BCUT2D eigenvalue weighted by Gasteiger charge is -2.58. The smallest absolute Gasteiger partial charge is 0.276 e. The molecule has 4 heterocycles. The quantitative estimate of drug-likeness (QED) is 0.629. The van der Waals surface area contributed by atoms with Crippen LogP contribution < -0.4 is 5.48 Å². The molecule has 146 valence electrons. The van der Waals surface area contributed by atoms with Crippen molar-refractivity contribution in [2.24, 2.45) is 11.8 Å². The van der Waals surface area contributed by atoms with E-state index in [2.05, 4.69) is 16.8 Å². The standard InChI is InChI=1S/C21H29N3O3/c1-2-17-7-19-16(6-15(10-22-19)20(25)23-26)11-24(17)12-21-8-13-3-14(9-21)5-18(4-13)27-21/h6,10,13-14,17-18,26H,2-5,7-9,11-12H2,1H3,(H,23,25)/t13?,14?,17-,18?,21?/m1/s1. The number of rotatable bonds is 4. The number of hydrogen-bond donors (Lipinski definition) is 2. The molecule has 2 saturated carbocycles. The van der Waals surface area contributed by atoms with Crippen LogP contribution >= 0.6 is 0 Å². The Balaban J connectivity index is 1.39. The summed E-state index contributed by atoms with van der Waals surface area (Å²) in [5, 5.41) is 8.91. The average Bonchev–Trinajstić information content (AvgIpc) is 2.65. The van der Waals surface area contributed by atoms with E-state index in [0.717, 1.165) is 49.0 Å². The van der Waals surface area contributed by atoms with Crippen molar-refractivity contribution in [2.45, 2.75) is 76.2 Å². The number of carbonyl (C=O) groups excluding carboxylic acids is 1. The largest absolute Gasteiger partial charge is 0.370 e. The topological polar surface area (TPSA) is 74.7 Å². The van der Waals surface area contributed by atoms with Gasteiger partial charge in [0.25, 0.3) is 5.91 Å². The summed E-state index contributed by atoms with van der Waals surface area (Å²) in [5.74, 6) is 1.21. The van der Waals surface area contributed by atoms with Gasteiger partial charge < -0.3 is 4.74 Å². The molecule has 3 aliphatic heterocycles. The van der Waals surface area contributed by atoms with Gasteiger partial charge in [0.05, 0.1) is 17.3 Å². The lowest BCUT2D eigenvalue weighted by molar-refractivity contribution is -0.229. The summed E-state index contributed by atoms with van der Waals surface area (Å²) in [4.78, 5) is 18.9. The summed E-state index contributed by atoms with van der Waals surface area (Å²) >= 11 is 0. The molecule has 2 saturated heterocycles. The second kappa shape index (κ2) is 6.54. The third-order valence-electron chi connectivity index (χ3n) is 7.30. The van der Waals surface area contributed by atoms with Gasteiger partial charge in [-0.05, 0) is 62.0 Å². The molecule has 2 aliphatic carbocycles. The maximum absolute atomic E-state index is 11.8. The second-order valence-corrected chi connectivity index (χ2v) is 9.21. The Morgan fingerprint density at radius 1 is 1.37 bits per heavy atom. The van der Waals surface area contributed by atoms with E-state index in [1.807, 2.05) is 6.07 Å². The minimum Gasteiger partial charge on any atom is -0.370 e. The first-order valence-electron chi connectivity index (χ1n) is 10.4. The van der Waals surface area contributed by atoms with E-state index in [4.69, 9.17) is 9.94 Å². The number of ether oxygens (including phenoxy) is 1. The molecule has 2 unspecified atom stereocenters. The van der Waals surface area contributed by atoms with Gasteiger partial charge in [-0.2, -0.15) is 0 Å². The van der Waals surface area contributed by atoms with Gasteiger partial charge in [-0.25, -0.2) is 5.48 Å². The minimum atomic E-state index is -0.501. The molecule has 4 fully saturated rings. The van der Waals surface area contributed by atoms with Crippen molar-refractivity contribution in [2.75, 3.05) is 6.54 Å². The van der Waals surface area contributed by atoms with Gasteiger partial charge in [0.15, 0.2) is 0 Å². The van der Waals surface area contributed by atoms with Crippen LogP contribution in [-0.4, -0.2) is 45.3 Å². The molecule has 0 aromatic carbocycles. The van der Waals surface area contributed by atoms with Gasteiger partial charge in [0.1, 0.15) is 0 Å². The fourth-order valence-electron chi connectivity index (χ4n) is 6.39. The highest BCUT2D eigenvalue weighted by Gasteiger charge is 2.53. The number of amides is 1. The van der Waals surface area contributed by atoms with Crippen LogP contribution in [0.5, 0.6) is 0 Å². The summed E-state index contributed by atoms with van der Waals surface area (Å²) in [6.07, 6.45) is 10.4. The van der Waals surface area contributed by atoms with Crippen molar-refractivity contribution < 1.29 is 14.7 Å². The highest BCUT2D eigenvalue weighted by atomic mass is 16.5. The van der Waals surface area contributed by atoms with Gasteiger partial charge in [0.2, 0.25) is 0 Å². The van der Waals surface area contributed by atoms with Crippen molar-refractivity contribution in [3.8, 4) is 0 Å². The van der Waals surface area contributed by atoms with E-state index in [9.17, 15) is 4.79 Å². The molecule has 5 aliphatic rings. The third-order valence-corrected chi connectivity index (χ3v) is 7.30. The fraction of sp³-hybridized carbons (Fsp3) is 0.714. The number of aromatic nitrogens is 1. The Morgan fingerprint density at radius 3 is 2.81 bits per heavy atom. The van der Waals surface area contributed by atoms with Gasteiger partial charge >= 0.3 is 0 Å². The zero-order valence-corrected chi connectivity index (χ0v) is 16.0. The van der Waals surface area contributed by atoms with Crippen LogP contribution in [0.1, 0.15) is 67.1 Å². The molecule has 3 atom stereocenters. The zero-order chi connectivity index (χ0) is 18.6. The SMILES string of the molecule is CC[C@@H]1Cc2ncc(C(=O)NO)cc2CN1CC12CC3CC(CC(C3)O1)C2. The third kappa shape index (κ3) is 3.08. The molecule has 6 heteroatoms. The average molecular weight is 371 g/mol. The lowest BCUT2D eigenvalue weighted by atomic mass is 9.62. The number of fused-ring (bicyclic) bond motifs is 1. The number of pyridine rings is 1. The molecule has 6 rings (SSSR count). The predicted molar refractivity (Wildman–Crippen MR) is 99.4 cm³/mol. The molecule has 2 N–H and O–H groups in total. The fourth-order valence-corrected chi connectivity index (χ4v) is 6.39. The van der Waals surface area contributed by atoms with Crippen LogP contribution in [0, 0.1) is 11.8 Å². The lowest BCUT2D eigenvalue weighted by Crippen LogP contribution is -2.60. The van der Waals surface area contributed by atoms with E-state index in [0.29, 0.717) is 17.7 Å². The molecule has 0 spiro atoms. The van der Waals surface area contributed by atoms with Crippen LogP contribution in [0.2, 0.25) is 0 Å². The number of carbonyl (C=O) groups is 1. The number of nitrogens with one attached hydrogen (secondary N) is 1. The van der Waals surface area contributed by atoms with Crippen LogP contribution in [0.25, 0.3) is 0 Å². The normalized spacial score (nSPS) is 37.3. The maximum atomic E-state index is 11.8.